The van der Waals surface area contributed by atoms with Crippen molar-refractivity contribution in [2.24, 2.45) is 17.4 Å². The number of primary amides is 1. The molecule has 2 aliphatic rings. The van der Waals surface area contributed by atoms with Gasteiger partial charge in [-0.3, -0.25) is 71.9 Å². The van der Waals surface area contributed by atoms with Crippen LogP contribution < -0.4 is 64.6 Å². The van der Waals surface area contributed by atoms with E-state index in [0.29, 0.717) is 18.6 Å². The summed E-state index contributed by atoms with van der Waals surface area (Å²) in [6, 6.07) is -20.3. The van der Waals surface area contributed by atoms with Gasteiger partial charge in [0.15, 0.2) is 0 Å². The molecule has 93 heavy (non-hydrogen) atoms. The average Bonchev–Trinajstić information content (AvgIpc) is 1.70. The van der Waals surface area contributed by atoms with E-state index in [9.17, 15) is 107 Å². The maximum absolute atomic E-state index is 13.8. The molecule has 40 heteroatoms. The van der Waals surface area contributed by atoms with E-state index in [4.69, 9.17) is 11.5 Å². The Morgan fingerprint density at radius 1 is 0.462 bits per heavy atom. The molecule has 2 saturated heterocycles. The average molecular weight is 1400 g/mol. The van der Waals surface area contributed by atoms with Gasteiger partial charge in [0.2, 0.25) is 76.8 Å². The van der Waals surface area contributed by atoms with Gasteiger partial charge in [-0.1, -0.05) is 13.8 Å². The van der Waals surface area contributed by atoms with Crippen molar-refractivity contribution >= 4 is 144 Å². The van der Waals surface area contributed by atoms with E-state index >= 15 is 0 Å². The van der Waals surface area contributed by atoms with Crippen LogP contribution in [0, 0.1) is 5.92 Å². The van der Waals surface area contributed by atoms with Gasteiger partial charge in [-0.15, -0.1) is 0 Å². The number of nitrogens with two attached hydrogens (primary N) is 2. The second-order valence-electron chi connectivity index (χ2n) is 21.9. The smallest absolute Gasteiger partial charge is 0.326 e. The Bertz CT molecular complexity index is 2690. The molecule has 0 bridgehead atoms. The Labute approximate surface area is 554 Å². The summed E-state index contributed by atoms with van der Waals surface area (Å²) in [5.74, 6) is -19.2. The number of likely N-dealkylation sites (tertiary alicyclic amines) is 2. The quantitative estimate of drug-likeness (QED) is 0.0252. The van der Waals surface area contributed by atoms with Crippen LogP contribution in [0.1, 0.15) is 84.5 Å². The number of aliphatic carboxylic acids is 3. The number of carbonyl (C=O) groups excluding carboxylic acids is 13. The van der Waals surface area contributed by atoms with E-state index in [-0.39, 0.29) is 44.5 Å². The molecule has 2 aliphatic heterocycles. The summed E-state index contributed by atoms with van der Waals surface area (Å²) in [7, 11) is 0. The largest absolute Gasteiger partial charge is 0.481 e. The molecule has 0 aromatic heterocycles. The molecule has 2 fully saturated rings. The molecular weight excluding hydrogens is 1310 g/mol. The number of hydrogen-bond donors (Lipinski definition) is 21. The van der Waals surface area contributed by atoms with Crippen molar-refractivity contribution in [3.63, 3.8) is 0 Å². The third kappa shape index (κ3) is 26.6. The van der Waals surface area contributed by atoms with Gasteiger partial charge < -0.3 is 105 Å². The maximum Gasteiger partial charge on any atom is 0.326 e. The predicted molar refractivity (Wildman–Crippen MR) is 337 cm³/mol. The summed E-state index contributed by atoms with van der Waals surface area (Å²) in [5, 5.41) is 81.9. The monoisotopic (exact) mass is 1400 g/mol. The zero-order chi connectivity index (χ0) is 70.4. The van der Waals surface area contributed by atoms with Crippen LogP contribution in [-0.2, 0) is 76.7 Å². The highest BCUT2D eigenvalue weighted by atomic mass is 32.2. The lowest BCUT2D eigenvalue weighted by Crippen LogP contribution is -2.62. The van der Waals surface area contributed by atoms with Crippen LogP contribution in [0.15, 0.2) is 0 Å². The van der Waals surface area contributed by atoms with Crippen LogP contribution in [0.25, 0.3) is 0 Å². The summed E-state index contributed by atoms with van der Waals surface area (Å²) in [4.78, 5) is 211. The highest BCUT2D eigenvalue weighted by Gasteiger charge is 2.44. The first kappa shape index (κ1) is 81.9. The Morgan fingerprint density at radius 2 is 0.806 bits per heavy atom. The van der Waals surface area contributed by atoms with Crippen molar-refractivity contribution in [1.82, 2.24) is 63.0 Å². The molecular formula is C53H86N14O22S4. The van der Waals surface area contributed by atoms with E-state index in [1.165, 1.54) is 25.6 Å². The number of thioether (sulfide) groups is 1. The fourth-order valence-electron chi connectivity index (χ4n) is 9.36. The Hall–Kier alpha value is -7.24. The van der Waals surface area contributed by atoms with Crippen LogP contribution >= 0.6 is 49.6 Å². The number of carboxylic acid groups (broad SMARTS) is 3. The summed E-state index contributed by atoms with van der Waals surface area (Å²) in [6.45, 7) is -0.470. The van der Waals surface area contributed by atoms with Crippen molar-refractivity contribution in [2.75, 3.05) is 62.2 Å². The summed E-state index contributed by atoms with van der Waals surface area (Å²) in [5.41, 5.74) is 11.2. The van der Waals surface area contributed by atoms with Crippen molar-refractivity contribution in [3.05, 3.63) is 0 Å². The number of amides is 13. The lowest BCUT2D eigenvalue weighted by molar-refractivity contribution is -0.152. The van der Waals surface area contributed by atoms with Gasteiger partial charge in [-0.25, -0.2) is 4.79 Å². The third-order valence-corrected chi connectivity index (χ3v) is 16.3. The van der Waals surface area contributed by atoms with Crippen LogP contribution in [0.2, 0.25) is 0 Å². The number of aliphatic hydroxyl groups is 3. The zero-order valence-electron chi connectivity index (χ0n) is 51.2. The second-order valence-corrected chi connectivity index (χ2v) is 23.9. The molecule has 13 amide bonds. The van der Waals surface area contributed by atoms with Gasteiger partial charge in [0, 0.05) is 49.6 Å². The Kier molecular flexibility index (Phi) is 36.5. The number of aliphatic hydroxyl groups excluding tert-OH is 3. The highest BCUT2D eigenvalue weighted by Crippen LogP contribution is 2.26. The number of carboxylic acids is 3. The summed E-state index contributed by atoms with van der Waals surface area (Å²) in [6.07, 6.45) is -0.594. The first-order chi connectivity index (χ1) is 43.8. The van der Waals surface area contributed by atoms with Crippen molar-refractivity contribution in [1.29, 1.82) is 0 Å². The molecule has 2 heterocycles. The van der Waals surface area contributed by atoms with E-state index in [2.05, 4.69) is 91.1 Å². The van der Waals surface area contributed by atoms with Crippen LogP contribution in [-0.4, -0.2) is 276 Å². The molecule has 13 atom stereocenters. The number of hydrogen-bond acceptors (Lipinski definition) is 24. The van der Waals surface area contributed by atoms with Crippen molar-refractivity contribution < 1.29 is 107 Å². The molecule has 20 N–H and O–H groups in total. The molecule has 2 rings (SSSR count). The van der Waals surface area contributed by atoms with Gasteiger partial charge in [0.1, 0.15) is 72.5 Å². The van der Waals surface area contributed by atoms with Gasteiger partial charge in [0.05, 0.1) is 25.9 Å². The van der Waals surface area contributed by atoms with Crippen molar-refractivity contribution in [2.45, 2.75) is 163 Å². The fourth-order valence-corrected chi connectivity index (χ4v) is 10.6. The summed E-state index contributed by atoms with van der Waals surface area (Å²) < 4.78 is 0. The molecule has 0 radical (unpaired) electrons. The lowest BCUT2D eigenvalue weighted by atomic mass is 10.0. The third-order valence-electron chi connectivity index (χ3n) is 14.6. The number of carbonyl (C=O) groups is 16. The van der Waals surface area contributed by atoms with Gasteiger partial charge in [0.25, 0.3) is 0 Å². The predicted octanol–water partition coefficient (Wildman–Crippen LogP) is -8.60. The number of nitrogens with zero attached hydrogens (tertiary/aromatic N) is 2. The van der Waals surface area contributed by atoms with E-state index in [1.807, 2.05) is 0 Å². The SMILES string of the molecule is CSCC[C@H](N)C(=O)N[C@@H](CCC(=O)O)C(=O)N[C@@H](CS)C(=O)N[C@@H](CS)C(=O)N[C@@H](CS)C(=O)N[C@H](C(=O)N[C@@H](CO)C(=O)N[C@@H](CCC(N)=O)C(=O)N[C@@H](CO)C(=O)N[C@@H](CCC(=O)O)C(=O)N[C@@H](CO)C(=O)N1CCC[C@H]1C(=O)N1CCC[C@H]1C(=O)O)C(C)C. The van der Waals surface area contributed by atoms with E-state index in [0.717, 1.165) is 9.80 Å². The standard InChI is InChI=1S/C53H86N14O22S4/c1-24(2)40(65-49(84)34(23-92)64-48(83)33(22-91)63-47(82)32(21-90)62-44(79)27(9-12-38(72)73)56-41(76)25(54)14-17-93-3)50(85)60-30(19-69)46(81)57-26(8-11-37(55)71)42(77)59-29(18-68)45(80)58-28(10-13-39(74)75)43(78)61-31(20-70)51(86)66-15-4-6-35(66)52(87)67-16-5-7-36(67)53(88)89/h24-36,40,68-70,90-92H,4-23,54H2,1-3H3,(H2,55,71)(H,56,76)(H,57,81)(H,58,80)(H,59,77)(H,60,85)(H,61,78)(H,62,79)(H,63,82)(H,64,83)(H,65,84)(H,72,73)(H,74,75)(H,88,89)/t25-,26-,27-,28-,29-,30-,31-,32-,33-,34-,35-,36-,40-/m0/s1. The van der Waals surface area contributed by atoms with E-state index in [1.54, 1.807) is 6.26 Å². The van der Waals surface area contributed by atoms with Gasteiger partial charge in [-0.2, -0.15) is 49.6 Å². The minimum Gasteiger partial charge on any atom is -0.481 e. The second kappa shape index (κ2) is 41.5. The fraction of sp³-hybridized carbons (Fsp3) is 0.698. The van der Waals surface area contributed by atoms with Gasteiger partial charge >= 0.3 is 17.9 Å². The van der Waals surface area contributed by atoms with Gasteiger partial charge in [-0.05, 0) is 69.3 Å². The molecule has 0 aliphatic carbocycles. The lowest BCUT2D eigenvalue weighted by Gasteiger charge is -2.32. The van der Waals surface area contributed by atoms with Crippen LogP contribution in [0.5, 0.6) is 0 Å². The number of nitrogens with one attached hydrogen (secondary N) is 10. The summed E-state index contributed by atoms with van der Waals surface area (Å²) >= 11 is 13.8. The zero-order valence-corrected chi connectivity index (χ0v) is 54.7. The normalized spacial score (nSPS) is 18.0. The van der Waals surface area contributed by atoms with Crippen molar-refractivity contribution in [3.8, 4) is 0 Å². The first-order valence-corrected chi connectivity index (χ1v) is 32.6. The molecule has 0 saturated carbocycles. The Balaban J connectivity index is 2.22. The Morgan fingerprint density at radius 3 is 1.19 bits per heavy atom. The molecule has 0 unspecified atom stereocenters. The number of thiol groups is 3. The van der Waals surface area contributed by atoms with E-state index < -0.39 is 243 Å². The topological polar surface area (TPSA) is 573 Å². The van der Waals surface area contributed by atoms with Crippen LogP contribution in [0.3, 0.4) is 0 Å². The highest BCUT2D eigenvalue weighted by molar-refractivity contribution is 7.98. The minimum absolute atomic E-state index is 0.0233. The molecule has 0 spiro atoms. The maximum atomic E-state index is 13.8. The first-order valence-electron chi connectivity index (χ1n) is 29.3. The molecule has 0 aromatic rings. The molecule has 36 nitrogen and oxygen atoms in total. The number of rotatable bonds is 42. The van der Waals surface area contributed by atoms with Crippen LogP contribution in [0.4, 0.5) is 0 Å². The molecule has 524 valence electrons. The minimum atomic E-state index is -2.01. The molecule has 0 aromatic carbocycles.